The third-order valence-electron chi connectivity index (χ3n) is 4.16. The summed E-state index contributed by atoms with van der Waals surface area (Å²) in [7, 11) is 0. The highest BCUT2D eigenvalue weighted by Crippen LogP contribution is 2.15. The quantitative estimate of drug-likeness (QED) is 0.757. The Hall–Kier alpha value is -2.85. The topological polar surface area (TPSA) is 51.1 Å². The van der Waals surface area contributed by atoms with Crippen LogP contribution >= 0.6 is 11.6 Å². The van der Waals surface area contributed by atoms with Crippen LogP contribution in [0.5, 0.6) is 0 Å². The van der Waals surface area contributed by atoms with Gasteiger partial charge in [0.2, 0.25) is 0 Å². The minimum Gasteiger partial charge on any atom is -0.348 e. The van der Waals surface area contributed by atoms with Gasteiger partial charge in [-0.3, -0.25) is 14.2 Å². The van der Waals surface area contributed by atoms with E-state index in [4.69, 9.17) is 11.6 Å². The molecule has 0 spiro atoms. The molecule has 0 aliphatic rings. The number of aryl methyl sites for hydroxylation is 2. The van der Waals surface area contributed by atoms with Crippen molar-refractivity contribution in [3.05, 3.63) is 98.4 Å². The molecule has 26 heavy (non-hydrogen) atoms. The number of rotatable bonds is 4. The highest BCUT2D eigenvalue weighted by atomic mass is 35.5. The van der Waals surface area contributed by atoms with Crippen LogP contribution < -0.4 is 10.9 Å². The zero-order valence-electron chi connectivity index (χ0n) is 14.6. The van der Waals surface area contributed by atoms with E-state index in [1.807, 2.05) is 38.1 Å². The predicted octanol–water partition coefficient (Wildman–Crippen LogP) is 4.04. The van der Waals surface area contributed by atoms with Crippen LogP contribution in [-0.4, -0.2) is 10.5 Å². The van der Waals surface area contributed by atoms with Gasteiger partial charge in [0.1, 0.15) is 5.56 Å². The zero-order chi connectivity index (χ0) is 18.7. The van der Waals surface area contributed by atoms with E-state index in [0.29, 0.717) is 17.3 Å². The maximum absolute atomic E-state index is 12.9. The zero-order valence-corrected chi connectivity index (χ0v) is 15.4. The van der Waals surface area contributed by atoms with Crippen molar-refractivity contribution in [1.29, 1.82) is 0 Å². The normalized spacial score (nSPS) is 10.6. The molecular weight excluding hydrogens is 348 g/mol. The average Bonchev–Trinajstić information content (AvgIpc) is 2.61. The van der Waals surface area contributed by atoms with Crippen molar-refractivity contribution in [2.75, 3.05) is 0 Å². The fourth-order valence-corrected chi connectivity index (χ4v) is 2.91. The van der Waals surface area contributed by atoms with Gasteiger partial charge in [-0.2, -0.15) is 0 Å². The third-order valence-corrected chi connectivity index (χ3v) is 4.40. The highest BCUT2D eigenvalue weighted by molar-refractivity contribution is 6.30. The summed E-state index contributed by atoms with van der Waals surface area (Å²) in [6.07, 6.45) is 0. The Morgan fingerprint density at radius 1 is 1.04 bits per heavy atom. The Bertz CT molecular complexity index is 1010. The second-order valence-corrected chi connectivity index (χ2v) is 6.61. The van der Waals surface area contributed by atoms with Crippen LogP contribution in [0.25, 0.3) is 5.69 Å². The molecule has 0 aliphatic carbocycles. The lowest BCUT2D eigenvalue weighted by atomic mass is 10.1. The molecule has 0 saturated carbocycles. The third kappa shape index (κ3) is 3.86. The Morgan fingerprint density at radius 3 is 2.46 bits per heavy atom. The van der Waals surface area contributed by atoms with Crippen LogP contribution in [0.2, 0.25) is 5.02 Å². The number of amides is 1. The Morgan fingerprint density at radius 2 is 1.77 bits per heavy atom. The number of aromatic nitrogens is 1. The lowest BCUT2D eigenvalue weighted by Crippen LogP contribution is -2.33. The molecule has 3 rings (SSSR count). The van der Waals surface area contributed by atoms with E-state index in [1.54, 1.807) is 36.4 Å². The van der Waals surface area contributed by atoms with Crippen molar-refractivity contribution in [1.82, 2.24) is 9.88 Å². The first-order valence-corrected chi connectivity index (χ1v) is 8.66. The molecule has 1 aromatic heterocycles. The van der Waals surface area contributed by atoms with Crippen LogP contribution in [-0.2, 0) is 6.54 Å². The standard InChI is InChI=1S/C21H19ClN2O2/c1-14-6-9-16(10-7-14)13-23-20(25)19-11-8-15(2)24(21(19)26)18-5-3-4-17(22)12-18/h3-12H,13H2,1-2H3,(H,23,25). The van der Waals surface area contributed by atoms with Gasteiger partial charge in [0.25, 0.3) is 11.5 Å². The highest BCUT2D eigenvalue weighted by Gasteiger charge is 2.15. The molecule has 0 fully saturated rings. The van der Waals surface area contributed by atoms with Gasteiger partial charge in [-0.1, -0.05) is 47.5 Å². The van der Waals surface area contributed by atoms with Crippen molar-refractivity contribution < 1.29 is 4.79 Å². The fraction of sp³-hybridized carbons (Fsp3) is 0.143. The first-order valence-electron chi connectivity index (χ1n) is 8.28. The van der Waals surface area contributed by atoms with Gasteiger partial charge in [-0.05, 0) is 49.7 Å². The van der Waals surface area contributed by atoms with Gasteiger partial charge in [0, 0.05) is 17.3 Å². The summed E-state index contributed by atoms with van der Waals surface area (Å²) < 4.78 is 1.49. The van der Waals surface area contributed by atoms with Gasteiger partial charge in [0.05, 0.1) is 5.69 Å². The monoisotopic (exact) mass is 366 g/mol. The minimum atomic E-state index is -0.397. The smallest absolute Gasteiger partial charge is 0.268 e. The molecule has 0 saturated heterocycles. The van der Waals surface area contributed by atoms with E-state index in [-0.39, 0.29) is 11.1 Å². The molecule has 4 nitrogen and oxygen atoms in total. The summed E-state index contributed by atoms with van der Waals surface area (Å²) in [6, 6.07) is 18.2. The maximum atomic E-state index is 12.9. The molecule has 132 valence electrons. The number of carbonyl (C=O) groups excluding carboxylic acids is 1. The first kappa shape index (κ1) is 18.0. The van der Waals surface area contributed by atoms with E-state index >= 15 is 0 Å². The second-order valence-electron chi connectivity index (χ2n) is 6.18. The van der Waals surface area contributed by atoms with Crippen molar-refractivity contribution >= 4 is 17.5 Å². The summed E-state index contributed by atoms with van der Waals surface area (Å²) in [5.41, 5.74) is 3.23. The van der Waals surface area contributed by atoms with Crippen LogP contribution in [0, 0.1) is 13.8 Å². The van der Waals surface area contributed by atoms with E-state index < -0.39 is 5.91 Å². The van der Waals surface area contributed by atoms with Crippen molar-refractivity contribution in [2.24, 2.45) is 0 Å². The number of hydrogen-bond acceptors (Lipinski definition) is 2. The molecule has 0 atom stereocenters. The van der Waals surface area contributed by atoms with Crippen LogP contribution in [0.1, 0.15) is 27.2 Å². The molecule has 1 heterocycles. The number of halogens is 1. The first-order chi connectivity index (χ1) is 12.5. The van der Waals surface area contributed by atoms with Gasteiger partial charge >= 0.3 is 0 Å². The molecule has 1 N–H and O–H groups in total. The molecule has 0 bridgehead atoms. The molecular formula is C21H19ClN2O2. The molecule has 0 radical (unpaired) electrons. The summed E-state index contributed by atoms with van der Waals surface area (Å²) in [5, 5.41) is 3.34. The number of benzene rings is 2. The lowest BCUT2D eigenvalue weighted by Gasteiger charge is -2.12. The van der Waals surface area contributed by atoms with Crippen LogP contribution in [0.15, 0.2) is 65.5 Å². The summed E-state index contributed by atoms with van der Waals surface area (Å²) >= 11 is 6.04. The predicted molar refractivity (Wildman–Crippen MR) is 104 cm³/mol. The van der Waals surface area contributed by atoms with Gasteiger partial charge in [-0.25, -0.2) is 0 Å². The number of hydrogen-bond donors (Lipinski definition) is 1. The van der Waals surface area contributed by atoms with E-state index in [0.717, 1.165) is 16.8 Å². The number of carbonyl (C=O) groups is 1. The van der Waals surface area contributed by atoms with Gasteiger partial charge in [0.15, 0.2) is 0 Å². The number of pyridine rings is 1. The van der Waals surface area contributed by atoms with E-state index in [1.165, 1.54) is 4.57 Å². The number of nitrogens with one attached hydrogen (secondary N) is 1. The SMILES string of the molecule is Cc1ccc(CNC(=O)c2ccc(C)n(-c3cccc(Cl)c3)c2=O)cc1. The van der Waals surface area contributed by atoms with Crippen LogP contribution in [0.4, 0.5) is 0 Å². The number of nitrogens with zero attached hydrogens (tertiary/aromatic N) is 1. The second kappa shape index (κ2) is 7.58. The summed E-state index contributed by atoms with van der Waals surface area (Å²) in [4.78, 5) is 25.4. The van der Waals surface area contributed by atoms with Gasteiger partial charge in [-0.15, -0.1) is 0 Å². The van der Waals surface area contributed by atoms with Crippen LogP contribution in [0.3, 0.4) is 0 Å². The fourth-order valence-electron chi connectivity index (χ4n) is 2.72. The van der Waals surface area contributed by atoms with E-state index in [9.17, 15) is 9.59 Å². The molecule has 3 aromatic rings. The minimum absolute atomic E-state index is 0.0997. The summed E-state index contributed by atoms with van der Waals surface area (Å²) in [6.45, 7) is 4.19. The largest absolute Gasteiger partial charge is 0.348 e. The van der Waals surface area contributed by atoms with Crippen molar-refractivity contribution in [2.45, 2.75) is 20.4 Å². The molecule has 2 aromatic carbocycles. The molecule has 0 aliphatic heterocycles. The summed E-state index contributed by atoms with van der Waals surface area (Å²) in [5.74, 6) is -0.397. The Labute approximate surface area is 157 Å². The van der Waals surface area contributed by atoms with Crippen molar-refractivity contribution in [3.63, 3.8) is 0 Å². The molecule has 5 heteroatoms. The Kier molecular flexibility index (Phi) is 5.24. The molecule has 1 amide bonds. The van der Waals surface area contributed by atoms with E-state index in [2.05, 4.69) is 5.32 Å². The van der Waals surface area contributed by atoms with Crippen molar-refractivity contribution in [3.8, 4) is 5.69 Å². The van der Waals surface area contributed by atoms with Gasteiger partial charge < -0.3 is 5.32 Å². The maximum Gasteiger partial charge on any atom is 0.268 e. The lowest BCUT2D eigenvalue weighted by molar-refractivity contribution is 0.0949. The molecule has 0 unspecified atom stereocenters. The Balaban J connectivity index is 1.88. The average molecular weight is 367 g/mol.